The van der Waals surface area contributed by atoms with Crippen LogP contribution in [0.4, 0.5) is 10.1 Å². The fourth-order valence-electron chi connectivity index (χ4n) is 4.36. The first kappa shape index (κ1) is 25.0. The summed E-state index contributed by atoms with van der Waals surface area (Å²) in [5, 5.41) is 3.40. The molecule has 184 valence electrons. The average Bonchev–Trinajstić information content (AvgIpc) is 2.85. The van der Waals surface area contributed by atoms with Crippen LogP contribution in [-0.2, 0) is 22.4 Å². The van der Waals surface area contributed by atoms with Gasteiger partial charge in [-0.05, 0) is 68.7 Å². The first-order valence-electron chi connectivity index (χ1n) is 12.2. The number of halogens is 1. The molecule has 1 aliphatic rings. The van der Waals surface area contributed by atoms with E-state index in [1.54, 1.807) is 6.07 Å². The predicted molar refractivity (Wildman–Crippen MR) is 138 cm³/mol. The van der Waals surface area contributed by atoms with E-state index in [1.165, 1.54) is 17.7 Å². The summed E-state index contributed by atoms with van der Waals surface area (Å²) in [5.41, 5.74) is 3.41. The highest BCUT2D eigenvalue weighted by Crippen LogP contribution is 2.44. The molecule has 1 heterocycles. The van der Waals surface area contributed by atoms with Gasteiger partial charge in [0.05, 0.1) is 13.2 Å². The van der Waals surface area contributed by atoms with Crippen LogP contribution in [0.2, 0.25) is 0 Å². The number of benzene rings is 3. The Morgan fingerprint density at radius 3 is 2.54 bits per heavy atom. The number of hydrogen-bond donors (Lipinski definition) is 1. The molecule has 3 aromatic carbocycles. The molecule has 1 aliphatic heterocycles. The molecule has 0 saturated carbocycles. The predicted octanol–water partition coefficient (Wildman–Crippen LogP) is 6.87. The van der Waals surface area contributed by atoms with Gasteiger partial charge in [0.2, 0.25) is 0 Å². The number of allylic oxidation sites excluding steroid dienone is 1. The summed E-state index contributed by atoms with van der Waals surface area (Å²) in [5.74, 6) is 0.556. The molecule has 4 nitrogen and oxygen atoms in total. The van der Waals surface area contributed by atoms with Crippen molar-refractivity contribution in [1.82, 2.24) is 0 Å². The Balaban J connectivity index is 1.56. The van der Waals surface area contributed by atoms with Crippen molar-refractivity contribution < 1.29 is 18.6 Å². The van der Waals surface area contributed by atoms with Crippen molar-refractivity contribution in [3.05, 3.63) is 107 Å². The zero-order valence-electron chi connectivity index (χ0n) is 20.7. The first-order chi connectivity index (χ1) is 17.0. The van der Waals surface area contributed by atoms with Crippen LogP contribution in [0.25, 0.3) is 0 Å². The topological polar surface area (TPSA) is 39.7 Å². The van der Waals surface area contributed by atoms with Gasteiger partial charge in [-0.2, -0.15) is 0 Å². The quantitative estimate of drug-likeness (QED) is 0.325. The van der Waals surface area contributed by atoms with E-state index in [1.807, 2.05) is 69.3 Å². The molecule has 1 N–H and O–H groups in total. The highest BCUT2D eigenvalue weighted by atomic mass is 19.1. The van der Waals surface area contributed by atoms with Crippen LogP contribution in [0.15, 0.2) is 84.9 Å². The smallest absolute Gasteiger partial charge is 0.132 e. The second-order valence-corrected chi connectivity index (χ2v) is 9.29. The van der Waals surface area contributed by atoms with E-state index in [0.29, 0.717) is 19.8 Å². The maximum Gasteiger partial charge on any atom is 0.132 e. The number of nitrogens with one attached hydrogen (secondary N) is 1. The van der Waals surface area contributed by atoms with Gasteiger partial charge in [0.15, 0.2) is 0 Å². The normalized spacial score (nSPS) is 18.7. The van der Waals surface area contributed by atoms with Crippen LogP contribution in [-0.4, -0.2) is 24.9 Å². The molecule has 2 atom stereocenters. The Labute approximate surface area is 207 Å². The molecule has 0 aromatic heterocycles. The molecule has 0 amide bonds. The number of rotatable bonds is 10. The molecule has 0 bridgehead atoms. The average molecular weight is 476 g/mol. The largest absolute Gasteiger partial charge is 0.485 e. The minimum atomic E-state index is -0.567. The van der Waals surface area contributed by atoms with E-state index < -0.39 is 5.60 Å². The zero-order valence-corrected chi connectivity index (χ0v) is 20.7. The summed E-state index contributed by atoms with van der Waals surface area (Å²) in [6, 6.07) is 23.0. The van der Waals surface area contributed by atoms with E-state index in [9.17, 15) is 4.39 Å². The lowest BCUT2D eigenvalue weighted by Crippen LogP contribution is -2.51. The van der Waals surface area contributed by atoms with E-state index in [4.69, 9.17) is 14.2 Å². The zero-order chi connectivity index (χ0) is 24.7. The number of anilines is 1. The maximum atomic E-state index is 13.6. The molecular weight excluding hydrogens is 441 g/mol. The van der Waals surface area contributed by atoms with E-state index in [2.05, 4.69) is 23.5 Å². The van der Waals surface area contributed by atoms with Crippen LogP contribution in [0, 0.1) is 5.82 Å². The van der Waals surface area contributed by atoms with Gasteiger partial charge in [-0.3, -0.25) is 0 Å². The lowest BCUT2D eigenvalue weighted by atomic mass is 9.87. The Bertz CT molecular complexity index is 1130. The highest BCUT2D eigenvalue weighted by Gasteiger charge is 2.45. The second-order valence-electron chi connectivity index (χ2n) is 9.29. The fraction of sp³-hybridized carbons (Fsp3) is 0.333. The molecule has 0 saturated heterocycles. The van der Waals surface area contributed by atoms with Gasteiger partial charge in [-0.15, -0.1) is 0 Å². The molecule has 0 spiro atoms. The third kappa shape index (κ3) is 6.50. The van der Waals surface area contributed by atoms with Gasteiger partial charge in [-0.25, -0.2) is 4.39 Å². The Morgan fingerprint density at radius 2 is 1.77 bits per heavy atom. The van der Waals surface area contributed by atoms with Crippen molar-refractivity contribution in [3.63, 3.8) is 0 Å². The van der Waals surface area contributed by atoms with E-state index >= 15 is 0 Å². The molecular formula is C30H34FNO3. The molecule has 0 radical (unpaired) electrons. The summed E-state index contributed by atoms with van der Waals surface area (Å²) in [6.45, 7) is 7.63. The lowest BCUT2D eigenvalue weighted by Gasteiger charge is -2.44. The van der Waals surface area contributed by atoms with Crippen LogP contribution < -0.4 is 10.1 Å². The number of hydrogen-bond acceptors (Lipinski definition) is 4. The summed E-state index contributed by atoms with van der Waals surface area (Å²) < 4.78 is 32.8. The van der Waals surface area contributed by atoms with Crippen molar-refractivity contribution in [1.29, 1.82) is 0 Å². The van der Waals surface area contributed by atoms with Crippen molar-refractivity contribution in [2.75, 3.05) is 18.5 Å². The second kappa shape index (κ2) is 11.5. The standard InChI is InChI=1S/C30H34FNO3/c1-4-5-17-34-29-28(33-18-16-22-10-7-6-8-11-22)26-20-25(14-15-27(26)35-30(29,2)3)32-21-23-12-9-13-24(31)19-23/h4-15,19-20,28-29,32H,16-18,21H2,1-3H3. The SMILES string of the molecule is CC=CCOC1C(OCCc2ccccc2)c2cc(NCc3cccc(F)c3)ccc2OC1(C)C. The van der Waals surface area contributed by atoms with Crippen LogP contribution in [0.3, 0.4) is 0 Å². The maximum absolute atomic E-state index is 13.6. The summed E-state index contributed by atoms with van der Waals surface area (Å²) in [7, 11) is 0. The number of fused-ring (bicyclic) bond motifs is 1. The van der Waals surface area contributed by atoms with Gasteiger partial charge >= 0.3 is 0 Å². The molecule has 2 unspecified atom stereocenters. The van der Waals surface area contributed by atoms with Crippen molar-refractivity contribution in [2.24, 2.45) is 0 Å². The number of ether oxygens (including phenoxy) is 3. The third-order valence-corrected chi connectivity index (χ3v) is 6.17. The monoisotopic (exact) mass is 475 g/mol. The lowest BCUT2D eigenvalue weighted by molar-refractivity contribution is -0.157. The molecule has 0 fully saturated rings. The Hall–Kier alpha value is -3.15. The minimum absolute atomic E-state index is 0.238. The van der Waals surface area contributed by atoms with Gasteiger partial charge in [0.25, 0.3) is 0 Å². The Kier molecular flexibility index (Phi) is 8.21. The van der Waals surface area contributed by atoms with Gasteiger partial charge < -0.3 is 19.5 Å². The van der Waals surface area contributed by atoms with Crippen LogP contribution >= 0.6 is 0 Å². The van der Waals surface area contributed by atoms with E-state index in [-0.39, 0.29) is 18.0 Å². The Morgan fingerprint density at radius 1 is 0.971 bits per heavy atom. The molecule has 3 aromatic rings. The molecule has 4 rings (SSSR count). The van der Waals surface area contributed by atoms with Gasteiger partial charge in [-0.1, -0.05) is 54.6 Å². The van der Waals surface area contributed by atoms with Crippen LogP contribution in [0.1, 0.15) is 43.6 Å². The fourth-order valence-corrected chi connectivity index (χ4v) is 4.36. The summed E-state index contributed by atoms with van der Waals surface area (Å²) in [6.07, 6.45) is 4.19. The van der Waals surface area contributed by atoms with E-state index in [0.717, 1.165) is 29.0 Å². The molecule has 35 heavy (non-hydrogen) atoms. The molecule has 5 heteroatoms. The summed E-state index contributed by atoms with van der Waals surface area (Å²) >= 11 is 0. The third-order valence-electron chi connectivity index (χ3n) is 6.17. The first-order valence-corrected chi connectivity index (χ1v) is 12.2. The minimum Gasteiger partial charge on any atom is -0.485 e. The highest BCUT2D eigenvalue weighted by molar-refractivity contribution is 5.54. The van der Waals surface area contributed by atoms with Gasteiger partial charge in [0, 0.05) is 17.8 Å². The van der Waals surface area contributed by atoms with Crippen LogP contribution in [0.5, 0.6) is 5.75 Å². The van der Waals surface area contributed by atoms with Crippen molar-refractivity contribution in [2.45, 2.75) is 51.5 Å². The van der Waals surface area contributed by atoms with Crippen molar-refractivity contribution in [3.8, 4) is 5.75 Å². The van der Waals surface area contributed by atoms with Gasteiger partial charge in [0.1, 0.15) is 29.4 Å². The van der Waals surface area contributed by atoms with Crippen molar-refractivity contribution >= 4 is 5.69 Å². The molecule has 0 aliphatic carbocycles. The summed E-state index contributed by atoms with van der Waals surface area (Å²) in [4.78, 5) is 0.